The van der Waals surface area contributed by atoms with Crippen LogP contribution in [-0.2, 0) is 4.79 Å². The minimum absolute atomic E-state index is 0.0675. The Bertz CT molecular complexity index is 1080. The van der Waals surface area contributed by atoms with Gasteiger partial charge in [-0.25, -0.2) is 0 Å². The molecular formula is C24H23ClN2O2S. The molecule has 154 valence electrons. The summed E-state index contributed by atoms with van der Waals surface area (Å²) in [6, 6.07) is 20.2. The summed E-state index contributed by atoms with van der Waals surface area (Å²) in [4.78, 5) is 26.0. The van der Waals surface area contributed by atoms with Crippen LogP contribution in [0.5, 0.6) is 0 Å². The highest BCUT2D eigenvalue weighted by molar-refractivity contribution is 8.00. The number of hydrogen-bond donors (Lipinski definition) is 2. The van der Waals surface area contributed by atoms with Crippen LogP contribution in [0.25, 0.3) is 0 Å². The van der Waals surface area contributed by atoms with Gasteiger partial charge in [-0.05, 0) is 74.4 Å². The van der Waals surface area contributed by atoms with Gasteiger partial charge in [0.2, 0.25) is 5.91 Å². The molecule has 0 bridgehead atoms. The van der Waals surface area contributed by atoms with Crippen LogP contribution < -0.4 is 10.6 Å². The number of nitrogens with one attached hydrogen (secondary N) is 2. The van der Waals surface area contributed by atoms with Gasteiger partial charge in [0.25, 0.3) is 5.91 Å². The number of anilines is 2. The lowest BCUT2D eigenvalue weighted by Crippen LogP contribution is -2.22. The summed E-state index contributed by atoms with van der Waals surface area (Å²) in [6.07, 6.45) is 0. The summed E-state index contributed by atoms with van der Waals surface area (Å²) in [6.45, 7) is 5.83. The monoisotopic (exact) mass is 438 g/mol. The Labute approximate surface area is 186 Å². The topological polar surface area (TPSA) is 58.2 Å². The third-order valence-electron chi connectivity index (χ3n) is 4.51. The number of halogens is 1. The molecule has 30 heavy (non-hydrogen) atoms. The molecule has 0 aromatic heterocycles. The molecule has 0 spiro atoms. The fourth-order valence-corrected chi connectivity index (χ4v) is 3.96. The van der Waals surface area contributed by atoms with Crippen molar-refractivity contribution in [2.75, 3.05) is 10.6 Å². The summed E-state index contributed by atoms with van der Waals surface area (Å²) in [5.41, 5.74) is 4.10. The maximum absolute atomic E-state index is 12.6. The molecule has 0 aliphatic rings. The number of hydrogen-bond acceptors (Lipinski definition) is 3. The fourth-order valence-electron chi connectivity index (χ4n) is 2.84. The van der Waals surface area contributed by atoms with E-state index in [1.807, 2.05) is 63.2 Å². The lowest BCUT2D eigenvalue weighted by molar-refractivity contribution is -0.115. The number of carbonyl (C=O) groups excluding carboxylic acids is 2. The Hall–Kier alpha value is -2.76. The molecule has 2 amide bonds. The average molecular weight is 439 g/mol. The van der Waals surface area contributed by atoms with Crippen molar-refractivity contribution in [3.05, 3.63) is 88.4 Å². The maximum Gasteiger partial charge on any atom is 0.255 e. The Morgan fingerprint density at radius 3 is 2.47 bits per heavy atom. The number of benzene rings is 3. The minimum Gasteiger partial charge on any atom is -0.325 e. The zero-order valence-corrected chi connectivity index (χ0v) is 18.6. The van der Waals surface area contributed by atoms with Crippen molar-refractivity contribution in [1.29, 1.82) is 0 Å². The molecule has 2 N–H and O–H groups in total. The molecule has 0 saturated heterocycles. The van der Waals surface area contributed by atoms with E-state index >= 15 is 0 Å². The number of thioether (sulfide) groups is 1. The largest absolute Gasteiger partial charge is 0.325 e. The average Bonchev–Trinajstić information content (AvgIpc) is 2.71. The Morgan fingerprint density at radius 2 is 1.70 bits per heavy atom. The van der Waals surface area contributed by atoms with Crippen molar-refractivity contribution >= 4 is 46.6 Å². The zero-order chi connectivity index (χ0) is 21.7. The molecule has 3 rings (SSSR count). The molecule has 6 heteroatoms. The second kappa shape index (κ2) is 9.83. The molecule has 3 aromatic carbocycles. The summed E-state index contributed by atoms with van der Waals surface area (Å²) < 4.78 is 0. The van der Waals surface area contributed by atoms with Gasteiger partial charge in [-0.3, -0.25) is 9.59 Å². The summed E-state index contributed by atoms with van der Waals surface area (Å²) in [5.74, 6) is -0.303. The van der Waals surface area contributed by atoms with E-state index in [1.165, 1.54) is 11.8 Å². The Kier molecular flexibility index (Phi) is 7.19. The van der Waals surface area contributed by atoms with Crippen molar-refractivity contribution in [3.8, 4) is 0 Å². The van der Waals surface area contributed by atoms with E-state index in [0.717, 1.165) is 21.7 Å². The highest BCUT2D eigenvalue weighted by Crippen LogP contribution is 2.27. The van der Waals surface area contributed by atoms with Crippen LogP contribution in [0.4, 0.5) is 11.4 Å². The number of carbonyl (C=O) groups is 2. The molecule has 3 aromatic rings. The van der Waals surface area contributed by atoms with E-state index in [0.29, 0.717) is 16.3 Å². The first-order chi connectivity index (χ1) is 14.3. The standard InChI is InChI=1S/C24H23ClN2O2S/c1-15-10-11-16(2)22(12-15)27-23(28)17(3)30-21-9-5-8-20(14-21)26-24(29)18-6-4-7-19(25)13-18/h4-14,17H,1-3H3,(H,26,29)(H,27,28). The van der Waals surface area contributed by atoms with Crippen LogP contribution in [0, 0.1) is 13.8 Å². The first-order valence-corrected chi connectivity index (χ1v) is 10.8. The van der Waals surface area contributed by atoms with Crippen LogP contribution >= 0.6 is 23.4 Å². The zero-order valence-electron chi connectivity index (χ0n) is 17.0. The quantitative estimate of drug-likeness (QED) is 0.442. The van der Waals surface area contributed by atoms with E-state index in [2.05, 4.69) is 10.6 Å². The number of amides is 2. The first-order valence-electron chi connectivity index (χ1n) is 9.53. The van der Waals surface area contributed by atoms with Gasteiger partial charge >= 0.3 is 0 Å². The van der Waals surface area contributed by atoms with Crippen molar-refractivity contribution in [2.45, 2.75) is 30.9 Å². The van der Waals surface area contributed by atoms with E-state index in [1.54, 1.807) is 24.3 Å². The molecule has 0 fully saturated rings. The van der Waals surface area contributed by atoms with Gasteiger partial charge in [0, 0.05) is 26.9 Å². The Morgan fingerprint density at radius 1 is 0.933 bits per heavy atom. The third-order valence-corrected chi connectivity index (χ3v) is 5.84. The fraction of sp³-hybridized carbons (Fsp3) is 0.167. The maximum atomic E-state index is 12.6. The lowest BCUT2D eigenvalue weighted by atomic mass is 10.1. The second-order valence-electron chi connectivity index (χ2n) is 7.06. The van der Waals surface area contributed by atoms with Crippen LogP contribution in [0.1, 0.15) is 28.4 Å². The predicted molar refractivity (Wildman–Crippen MR) is 126 cm³/mol. The van der Waals surface area contributed by atoms with E-state index in [-0.39, 0.29) is 17.1 Å². The van der Waals surface area contributed by atoms with Gasteiger partial charge in [0.1, 0.15) is 0 Å². The van der Waals surface area contributed by atoms with Gasteiger partial charge in [0.05, 0.1) is 5.25 Å². The molecule has 0 radical (unpaired) electrons. The smallest absolute Gasteiger partial charge is 0.255 e. The van der Waals surface area contributed by atoms with Crippen molar-refractivity contribution in [1.82, 2.24) is 0 Å². The predicted octanol–water partition coefficient (Wildman–Crippen LogP) is 6.33. The Balaban J connectivity index is 1.64. The van der Waals surface area contributed by atoms with Crippen LogP contribution in [-0.4, -0.2) is 17.1 Å². The molecule has 0 heterocycles. The summed E-state index contributed by atoms with van der Waals surface area (Å²) in [7, 11) is 0. The van der Waals surface area contributed by atoms with Crippen LogP contribution in [0.2, 0.25) is 5.02 Å². The number of aryl methyl sites for hydroxylation is 2. The normalized spacial score (nSPS) is 11.6. The minimum atomic E-state index is -0.302. The van der Waals surface area contributed by atoms with E-state index < -0.39 is 0 Å². The van der Waals surface area contributed by atoms with Crippen molar-refractivity contribution < 1.29 is 9.59 Å². The molecule has 1 unspecified atom stereocenters. The van der Waals surface area contributed by atoms with E-state index in [4.69, 9.17) is 11.6 Å². The van der Waals surface area contributed by atoms with Crippen LogP contribution in [0.15, 0.2) is 71.6 Å². The highest BCUT2D eigenvalue weighted by atomic mass is 35.5. The third kappa shape index (κ3) is 5.88. The van der Waals surface area contributed by atoms with Gasteiger partial charge in [-0.1, -0.05) is 35.9 Å². The molecule has 0 aliphatic heterocycles. The molecule has 1 atom stereocenters. The SMILES string of the molecule is Cc1ccc(C)c(NC(=O)C(C)Sc2cccc(NC(=O)c3cccc(Cl)c3)c2)c1. The van der Waals surface area contributed by atoms with Gasteiger partial charge in [-0.15, -0.1) is 11.8 Å². The molecule has 4 nitrogen and oxygen atoms in total. The van der Waals surface area contributed by atoms with Gasteiger partial charge < -0.3 is 10.6 Å². The highest BCUT2D eigenvalue weighted by Gasteiger charge is 2.16. The first kappa shape index (κ1) is 21.9. The number of rotatable bonds is 6. The molecular weight excluding hydrogens is 416 g/mol. The second-order valence-corrected chi connectivity index (χ2v) is 8.91. The van der Waals surface area contributed by atoms with Crippen LogP contribution in [0.3, 0.4) is 0 Å². The molecule has 0 aliphatic carbocycles. The summed E-state index contributed by atoms with van der Waals surface area (Å²) >= 11 is 7.40. The molecule has 0 saturated carbocycles. The van der Waals surface area contributed by atoms with Crippen molar-refractivity contribution in [2.24, 2.45) is 0 Å². The van der Waals surface area contributed by atoms with Gasteiger partial charge in [-0.2, -0.15) is 0 Å². The van der Waals surface area contributed by atoms with E-state index in [9.17, 15) is 9.59 Å². The van der Waals surface area contributed by atoms with Crippen molar-refractivity contribution in [3.63, 3.8) is 0 Å². The lowest BCUT2D eigenvalue weighted by Gasteiger charge is -2.15. The summed E-state index contributed by atoms with van der Waals surface area (Å²) in [5, 5.41) is 6.08. The van der Waals surface area contributed by atoms with Gasteiger partial charge in [0.15, 0.2) is 0 Å².